The number of nitrogens with zero attached hydrogens (tertiary/aromatic N) is 1. The molecule has 1 aromatic carbocycles. The molecular weight excluding hydrogens is 350 g/mol. The lowest BCUT2D eigenvalue weighted by Crippen LogP contribution is -2.47. The number of rotatable bonds is 9. The number of thioether (sulfide) groups is 1. The Morgan fingerprint density at radius 1 is 1.35 bits per heavy atom. The molecule has 26 heavy (non-hydrogen) atoms. The van der Waals surface area contributed by atoms with Crippen molar-refractivity contribution in [2.45, 2.75) is 51.4 Å². The Balaban J connectivity index is 1.58. The summed E-state index contributed by atoms with van der Waals surface area (Å²) in [5, 5.41) is 0. The van der Waals surface area contributed by atoms with Crippen LogP contribution in [-0.2, 0) is 25.6 Å². The fourth-order valence-corrected chi connectivity index (χ4v) is 3.81. The third-order valence-electron chi connectivity index (χ3n) is 4.86. The summed E-state index contributed by atoms with van der Waals surface area (Å²) in [6.45, 7) is 5.73. The van der Waals surface area contributed by atoms with Crippen molar-refractivity contribution >= 4 is 17.7 Å². The first-order valence-corrected chi connectivity index (χ1v) is 10.7. The molecule has 1 aromatic rings. The van der Waals surface area contributed by atoms with Crippen LogP contribution < -0.4 is 0 Å². The molecule has 0 saturated carbocycles. The van der Waals surface area contributed by atoms with Crippen LogP contribution in [0.1, 0.15) is 25.8 Å². The molecule has 0 N–H and O–H groups in total. The molecule has 2 heterocycles. The average molecular weight is 380 g/mol. The van der Waals surface area contributed by atoms with Gasteiger partial charge in [0.1, 0.15) is 6.23 Å². The van der Waals surface area contributed by atoms with Crippen LogP contribution in [0.15, 0.2) is 30.3 Å². The first-order valence-electron chi connectivity index (χ1n) is 9.31. The summed E-state index contributed by atoms with van der Waals surface area (Å²) in [7, 11) is 0. The Morgan fingerprint density at radius 2 is 2.12 bits per heavy atom. The first kappa shape index (κ1) is 19.7. The molecule has 0 spiro atoms. The summed E-state index contributed by atoms with van der Waals surface area (Å²) >= 11 is 1.77. The highest BCUT2D eigenvalue weighted by Gasteiger charge is 2.52. The van der Waals surface area contributed by atoms with Crippen molar-refractivity contribution in [1.29, 1.82) is 0 Å². The smallest absolute Gasteiger partial charge is 0.256 e. The van der Waals surface area contributed by atoms with Gasteiger partial charge in [0.15, 0.2) is 6.10 Å². The molecule has 2 saturated heterocycles. The molecule has 6 heteroatoms. The van der Waals surface area contributed by atoms with E-state index in [4.69, 9.17) is 14.2 Å². The van der Waals surface area contributed by atoms with Gasteiger partial charge in [-0.25, -0.2) is 0 Å². The Kier molecular flexibility index (Phi) is 6.98. The van der Waals surface area contributed by atoms with Gasteiger partial charge in [0.05, 0.1) is 32.0 Å². The monoisotopic (exact) mass is 379 g/mol. The highest BCUT2D eigenvalue weighted by Crippen LogP contribution is 2.34. The number of ether oxygens (including phenoxy) is 3. The van der Waals surface area contributed by atoms with Gasteiger partial charge in [-0.15, -0.1) is 0 Å². The molecule has 0 bridgehead atoms. The van der Waals surface area contributed by atoms with E-state index >= 15 is 0 Å². The molecule has 0 aliphatic carbocycles. The van der Waals surface area contributed by atoms with E-state index in [1.165, 1.54) is 0 Å². The molecule has 0 unspecified atom stereocenters. The minimum absolute atomic E-state index is 0.0372. The summed E-state index contributed by atoms with van der Waals surface area (Å²) in [5.74, 6) is 1.37. The molecule has 1 amide bonds. The minimum atomic E-state index is -0.315. The van der Waals surface area contributed by atoms with Gasteiger partial charge in [-0.2, -0.15) is 11.8 Å². The van der Waals surface area contributed by atoms with Gasteiger partial charge >= 0.3 is 0 Å². The maximum absolute atomic E-state index is 13.0. The number of benzene rings is 1. The van der Waals surface area contributed by atoms with Crippen LogP contribution in [0.3, 0.4) is 0 Å². The van der Waals surface area contributed by atoms with Crippen LogP contribution >= 0.6 is 11.8 Å². The Morgan fingerprint density at radius 3 is 2.77 bits per heavy atom. The maximum atomic E-state index is 13.0. The number of carbonyl (C=O) groups excluding carboxylic acids is 1. The molecule has 5 nitrogen and oxygen atoms in total. The first-order chi connectivity index (χ1) is 12.6. The Labute approximate surface area is 160 Å². The largest absolute Gasteiger partial charge is 0.375 e. The van der Waals surface area contributed by atoms with Crippen LogP contribution in [0.5, 0.6) is 0 Å². The topological polar surface area (TPSA) is 51.3 Å². The third kappa shape index (κ3) is 4.80. The van der Waals surface area contributed by atoms with Gasteiger partial charge in [-0.1, -0.05) is 44.2 Å². The summed E-state index contributed by atoms with van der Waals surface area (Å²) in [6.07, 6.45) is 2.46. The molecule has 2 fully saturated rings. The van der Waals surface area contributed by atoms with Crippen LogP contribution in [-0.4, -0.2) is 60.5 Å². The molecule has 0 aromatic heterocycles. The number of amides is 1. The van der Waals surface area contributed by atoms with Crippen molar-refractivity contribution in [3.63, 3.8) is 0 Å². The van der Waals surface area contributed by atoms with Gasteiger partial charge in [0, 0.05) is 6.42 Å². The number of hydrogen-bond acceptors (Lipinski definition) is 5. The van der Waals surface area contributed by atoms with E-state index in [9.17, 15) is 4.79 Å². The normalized spacial score (nSPS) is 27.9. The lowest BCUT2D eigenvalue weighted by molar-refractivity contribution is -0.140. The minimum Gasteiger partial charge on any atom is -0.375 e. The second-order valence-corrected chi connectivity index (χ2v) is 8.22. The molecule has 3 rings (SSSR count). The van der Waals surface area contributed by atoms with E-state index in [1.807, 2.05) is 35.2 Å². The SMILES string of the molecule is CSCC[C@H]1OC[C@H](COCc2ccccc2)N1C(=O)[C@H]1O[C@@H]1C(C)C. The molecule has 144 valence electrons. The quantitative estimate of drug-likeness (QED) is 0.618. The Bertz CT molecular complexity index is 582. The second-order valence-electron chi connectivity index (χ2n) is 7.23. The van der Waals surface area contributed by atoms with E-state index < -0.39 is 0 Å². The fraction of sp³-hybridized carbons (Fsp3) is 0.650. The number of carbonyl (C=O) groups is 1. The molecule has 2 aliphatic rings. The van der Waals surface area contributed by atoms with E-state index in [-0.39, 0.29) is 30.4 Å². The van der Waals surface area contributed by atoms with Crippen LogP contribution in [0, 0.1) is 5.92 Å². The van der Waals surface area contributed by atoms with E-state index in [0.717, 1.165) is 17.7 Å². The fourth-order valence-electron chi connectivity index (χ4n) is 3.37. The average Bonchev–Trinajstić information content (AvgIpc) is 3.36. The molecule has 2 aliphatic heterocycles. The highest BCUT2D eigenvalue weighted by molar-refractivity contribution is 7.98. The van der Waals surface area contributed by atoms with E-state index in [2.05, 4.69) is 20.1 Å². The van der Waals surface area contributed by atoms with Crippen molar-refractivity contribution in [3.05, 3.63) is 35.9 Å². The summed E-state index contributed by atoms with van der Waals surface area (Å²) in [5.41, 5.74) is 1.13. The van der Waals surface area contributed by atoms with Gasteiger partial charge in [0.2, 0.25) is 0 Å². The summed E-state index contributed by atoms with van der Waals surface area (Å²) < 4.78 is 17.5. The van der Waals surface area contributed by atoms with Crippen molar-refractivity contribution in [1.82, 2.24) is 4.90 Å². The Hall–Kier alpha value is -1.08. The zero-order chi connectivity index (χ0) is 18.5. The van der Waals surface area contributed by atoms with Crippen LogP contribution in [0.25, 0.3) is 0 Å². The zero-order valence-corrected chi connectivity index (χ0v) is 16.6. The predicted octanol–water partition coefficient (Wildman–Crippen LogP) is 2.93. The van der Waals surface area contributed by atoms with E-state index in [1.54, 1.807) is 11.8 Å². The van der Waals surface area contributed by atoms with Crippen molar-refractivity contribution in [2.24, 2.45) is 5.92 Å². The van der Waals surface area contributed by atoms with Crippen molar-refractivity contribution in [2.75, 3.05) is 25.2 Å². The molecule has 0 radical (unpaired) electrons. The standard InChI is InChI=1S/C20H29NO4S/c1-14(2)18-19(25-18)20(22)21-16(13-24-17(21)9-10-26-3)12-23-11-15-7-5-4-6-8-15/h4-8,14,16-19H,9-13H2,1-3H3/t16-,17+,18+,19-/m0/s1. The predicted molar refractivity (Wildman–Crippen MR) is 103 cm³/mol. The van der Waals surface area contributed by atoms with Crippen molar-refractivity contribution < 1.29 is 19.0 Å². The zero-order valence-electron chi connectivity index (χ0n) is 15.8. The van der Waals surface area contributed by atoms with Gasteiger partial charge in [-0.3, -0.25) is 4.79 Å². The molecular formula is C20H29NO4S. The van der Waals surface area contributed by atoms with Gasteiger partial charge < -0.3 is 19.1 Å². The van der Waals surface area contributed by atoms with Crippen LogP contribution in [0.4, 0.5) is 0 Å². The van der Waals surface area contributed by atoms with Crippen LogP contribution in [0.2, 0.25) is 0 Å². The summed E-state index contributed by atoms with van der Waals surface area (Å²) in [6, 6.07) is 10.0. The lowest BCUT2D eigenvalue weighted by Gasteiger charge is -2.28. The number of hydrogen-bond donors (Lipinski definition) is 0. The molecule has 4 atom stereocenters. The van der Waals surface area contributed by atoms with Gasteiger partial charge in [0.25, 0.3) is 5.91 Å². The lowest BCUT2D eigenvalue weighted by atomic mass is 10.1. The van der Waals surface area contributed by atoms with Crippen molar-refractivity contribution in [3.8, 4) is 0 Å². The van der Waals surface area contributed by atoms with E-state index in [0.29, 0.717) is 25.7 Å². The highest BCUT2D eigenvalue weighted by atomic mass is 32.2. The van der Waals surface area contributed by atoms with Gasteiger partial charge in [-0.05, 0) is 23.5 Å². The number of epoxide rings is 1. The second kappa shape index (κ2) is 9.22. The third-order valence-corrected chi connectivity index (χ3v) is 5.50. The maximum Gasteiger partial charge on any atom is 0.256 e. The summed E-state index contributed by atoms with van der Waals surface area (Å²) in [4.78, 5) is 14.9.